The fourth-order valence-corrected chi connectivity index (χ4v) is 1.56. The van der Waals surface area contributed by atoms with Crippen LogP contribution in [-0.4, -0.2) is 33.7 Å². The maximum absolute atomic E-state index is 11.7. The van der Waals surface area contributed by atoms with Crippen molar-refractivity contribution in [3.05, 3.63) is 24.3 Å². The lowest BCUT2D eigenvalue weighted by Crippen LogP contribution is -2.51. The van der Waals surface area contributed by atoms with Gasteiger partial charge in [-0.25, -0.2) is 14.8 Å². The maximum atomic E-state index is 11.7. The predicted octanol–water partition coefficient (Wildman–Crippen LogP) is 1.87. The van der Waals surface area contributed by atoms with E-state index in [0.29, 0.717) is 13.1 Å². The molecule has 0 spiro atoms. The van der Waals surface area contributed by atoms with Gasteiger partial charge in [0.2, 0.25) is 0 Å². The number of ether oxygens (including phenoxy) is 1. The molecule has 0 aliphatic heterocycles. The number of hydrogen-bond donors (Lipinski definition) is 2. The fraction of sp³-hybridized carbons (Fsp3) is 0.643. The van der Waals surface area contributed by atoms with E-state index in [9.17, 15) is 4.79 Å². The van der Waals surface area contributed by atoms with Crippen LogP contribution in [0, 0.1) is 0 Å². The van der Waals surface area contributed by atoms with E-state index < -0.39 is 17.2 Å². The second-order valence-electron chi connectivity index (χ2n) is 6.36. The van der Waals surface area contributed by atoms with E-state index in [0.717, 1.165) is 5.56 Å². The third-order valence-corrected chi connectivity index (χ3v) is 2.35. The molecule has 1 rings (SSSR count). The number of carbonyl (C=O) groups excluding carboxylic acids is 1. The number of amides is 1. The molecule has 1 heterocycles. The molecule has 1 aromatic heterocycles. The monoisotopic (exact) mass is 280 g/mol. The second kappa shape index (κ2) is 6.65. The smallest absolute Gasteiger partial charge is 0.408 e. The standard InChI is InChI=1S/C14H24N4O2/c1-13(2,3)20-12(19)18-14(4,5)9-15-6-11-7-16-10-17-8-11/h7-8,10,15H,6,9H2,1-5H3,(H,18,19). The van der Waals surface area contributed by atoms with Crippen LogP contribution in [0.1, 0.15) is 40.2 Å². The van der Waals surface area contributed by atoms with Crippen LogP contribution in [-0.2, 0) is 11.3 Å². The minimum Gasteiger partial charge on any atom is -0.444 e. The molecular weight excluding hydrogens is 256 g/mol. The van der Waals surface area contributed by atoms with Gasteiger partial charge in [0.1, 0.15) is 11.9 Å². The van der Waals surface area contributed by atoms with Crippen LogP contribution in [0.15, 0.2) is 18.7 Å². The molecule has 0 saturated heterocycles. The molecule has 0 aliphatic rings. The lowest BCUT2D eigenvalue weighted by Gasteiger charge is -2.28. The highest BCUT2D eigenvalue weighted by atomic mass is 16.6. The number of nitrogens with one attached hydrogen (secondary N) is 2. The van der Waals surface area contributed by atoms with Gasteiger partial charge in [0, 0.05) is 31.0 Å². The maximum Gasteiger partial charge on any atom is 0.408 e. The minimum atomic E-state index is -0.491. The number of alkyl carbamates (subject to hydrolysis) is 1. The van der Waals surface area contributed by atoms with Gasteiger partial charge in [0.15, 0.2) is 0 Å². The van der Waals surface area contributed by atoms with Gasteiger partial charge in [-0.05, 0) is 34.6 Å². The van der Waals surface area contributed by atoms with Gasteiger partial charge in [0.25, 0.3) is 0 Å². The topological polar surface area (TPSA) is 76.1 Å². The summed E-state index contributed by atoms with van der Waals surface area (Å²) in [4.78, 5) is 19.6. The van der Waals surface area contributed by atoms with Crippen LogP contribution in [0.4, 0.5) is 4.79 Å². The molecule has 6 heteroatoms. The number of nitrogens with zero attached hydrogens (tertiary/aromatic N) is 2. The van der Waals surface area contributed by atoms with Crippen molar-refractivity contribution in [2.75, 3.05) is 6.54 Å². The Hall–Kier alpha value is -1.69. The Labute approximate surface area is 120 Å². The molecule has 0 aliphatic carbocycles. The van der Waals surface area contributed by atoms with Crippen LogP contribution in [0.5, 0.6) is 0 Å². The molecule has 6 nitrogen and oxygen atoms in total. The quantitative estimate of drug-likeness (QED) is 0.861. The molecule has 0 aromatic carbocycles. The minimum absolute atomic E-state index is 0.405. The lowest BCUT2D eigenvalue weighted by molar-refractivity contribution is 0.0472. The molecule has 112 valence electrons. The van der Waals surface area contributed by atoms with Crippen molar-refractivity contribution in [1.29, 1.82) is 0 Å². The van der Waals surface area contributed by atoms with Crippen molar-refractivity contribution in [2.24, 2.45) is 0 Å². The molecule has 0 atom stereocenters. The summed E-state index contributed by atoms with van der Waals surface area (Å²) >= 11 is 0. The van der Waals surface area contributed by atoms with Crippen molar-refractivity contribution in [3.63, 3.8) is 0 Å². The lowest BCUT2D eigenvalue weighted by atomic mass is 10.1. The Kier molecular flexibility index (Phi) is 5.44. The van der Waals surface area contributed by atoms with Crippen LogP contribution in [0.25, 0.3) is 0 Å². The van der Waals surface area contributed by atoms with Gasteiger partial charge < -0.3 is 15.4 Å². The molecule has 2 N–H and O–H groups in total. The van der Waals surface area contributed by atoms with Gasteiger partial charge in [-0.15, -0.1) is 0 Å². The Bertz CT molecular complexity index is 427. The zero-order valence-electron chi connectivity index (χ0n) is 12.9. The van der Waals surface area contributed by atoms with Crippen LogP contribution < -0.4 is 10.6 Å². The first kappa shape index (κ1) is 16.4. The zero-order chi connectivity index (χ0) is 15.2. The molecule has 20 heavy (non-hydrogen) atoms. The highest BCUT2D eigenvalue weighted by molar-refractivity contribution is 5.68. The summed E-state index contributed by atoms with van der Waals surface area (Å²) in [5.41, 5.74) is 0.105. The first-order chi connectivity index (χ1) is 9.18. The third kappa shape index (κ3) is 7.04. The molecular formula is C14H24N4O2. The number of carbonyl (C=O) groups is 1. The first-order valence-electron chi connectivity index (χ1n) is 6.64. The molecule has 0 unspecified atom stereocenters. The Balaban J connectivity index is 2.36. The van der Waals surface area contributed by atoms with E-state index >= 15 is 0 Å². The summed E-state index contributed by atoms with van der Waals surface area (Å²) in [6.07, 6.45) is 4.60. The van der Waals surface area contributed by atoms with Crippen molar-refractivity contribution in [1.82, 2.24) is 20.6 Å². The third-order valence-electron chi connectivity index (χ3n) is 2.35. The Morgan fingerprint density at radius 1 is 1.20 bits per heavy atom. The molecule has 1 amide bonds. The van der Waals surface area contributed by atoms with E-state index in [-0.39, 0.29) is 0 Å². The summed E-state index contributed by atoms with van der Waals surface area (Å²) in [6.45, 7) is 10.7. The average Bonchev–Trinajstić information content (AvgIpc) is 2.26. The van der Waals surface area contributed by atoms with Crippen molar-refractivity contribution < 1.29 is 9.53 Å². The van der Waals surface area contributed by atoms with Gasteiger partial charge in [-0.2, -0.15) is 0 Å². The highest BCUT2D eigenvalue weighted by Crippen LogP contribution is 2.09. The summed E-state index contributed by atoms with van der Waals surface area (Å²) < 4.78 is 5.24. The second-order valence-corrected chi connectivity index (χ2v) is 6.36. The first-order valence-corrected chi connectivity index (χ1v) is 6.64. The van der Waals surface area contributed by atoms with Gasteiger partial charge in [0.05, 0.1) is 5.54 Å². The van der Waals surface area contributed by atoms with Crippen molar-refractivity contribution >= 4 is 6.09 Å². The molecule has 0 bridgehead atoms. The number of aromatic nitrogens is 2. The van der Waals surface area contributed by atoms with E-state index in [1.165, 1.54) is 6.33 Å². The number of rotatable bonds is 5. The summed E-state index contributed by atoms with van der Waals surface area (Å²) in [5.74, 6) is 0. The van der Waals surface area contributed by atoms with Gasteiger partial charge in [-0.1, -0.05) is 0 Å². The van der Waals surface area contributed by atoms with Crippen molar-refractivity contribution in [2.45, 2.75) is 52.3 Å². The summed E-state index contributed by atoms with van der Waals surface area (Å²) in [7, 11) is 0. The fourth-order valence-electron chi connectivity index (χ4n) is 1.56. The Morgan fingerprint density at radius 3 is 2.35 bits per heavy atom. The van der Waals surface area contributed by atoms with E-state index in [1.54, 1.807) is 12.4 Å². The summed E-state index contributed by atoms with van der Waals surface area (Å²) in [6, 6.07) is 0. The molecule has 0 fully saturated rings. The van der Waals surface area contributed by atoms with Crippen LogP contribution >= 0.6 is 0 Å². The average molecular weight is 280 g/mol. The SMILES string of the molecule is CC(C)(CNCc1cncnc1)NC(=O)OC(C)(C)C. The largest absolute Gasteiger partial charge is 0.444 e. The predicted molar refractivity (Wildman–Crippen MR) is 77.2 cm³/mol. The zero-order valence-corrected chi connectivity index (χ0v) is 12.9. The number of hydrogen-bond acceptors (Lipinski definition) is 5. The van der Waals surface area contributed by atoms with Crippen LogP contribution in [0.3, 0.4) is 0 Å². The molecule has 1 aromatic rings. The molecule has 0 radical (unpaired) electrons. The van der Waals surface area contributed by atoms with Crippen LogP contribution in [0.2, 0.25) is 0 Å². The van der Waals surface area contributed by atoms with Gasteiger partial charge >= 0.3 is 6.09 Å². The van der Waals surface area contributed by atoms with E-state index in [4.69, 9.17) is 4.74 Å². The van der Waals surface area contributed by atoms with Gasteiger partial charge in [-0.3, -0.25) is 0 Å². The normalized spacial score (nSPS) is 12.1. The molecule has 0 saturated carbocycles. The van der Waals surface area contributed by atoms with Crippen molar-refractivity contribution in [3.8, 4) is 0 Å². The highest BCUT2D eigenvalue weighted by Gasteiger charge is 2.24. The van der Waals surface area contributed by atoms with E-state index in [1.807, 2.05) is 34.6 Å². The van der Waals surface area contributed by atoms with E-state index in [2.05, 4.69) is 20.6 Å². The Morgan fingerprint density at radius 2 is 1.80 bits per heavy atom. The summed E-state index contributed by atoms with van der Waals surface area (Å²) in [5, 5.41) is 6.10.